The number of aliphatic hydroxyl groups excluding tert-OH is 11. The van der Waals surface area contributed by atoms with Crippen LogP contribution in [0, 0.1) is 45.3 Å². The average molecular weight is 917 g/mol. The third-order valence-corrected chi connectivity index (χ3v) is 18.4. The maximum Gasteiger partial charge on any atom is 0.187 e. The number of hydrogen-bond acceptors (Lipinski definition) is 17. The van der Waals surface area contributed by atoms with Gasteiger partial charge in [0.05, 0.1) is 37.6 Å². The summed E-state index contributed by atoms with van der Waals surface area (Å²) in [7, 11) is 0. The molecule has 64 heavy (non-hydrogen) atoms. The Morgan fingerprint density at radius 3 is 1.91 bits per heavy atom. The number of hydrogen-bond donors (Lipinski definition) is 11. The lowest BCUT2D eigenvalue weighted by atomic mass is 9.35. The van der Waals surface area contributed by atoms with Gasteiger partial charge in [-0.25, -0.2) is 0 Å². The van der Waals surface area contributed by atoms with E-state index in [1.165, 1.54) is 0 Å². The van der Waals surface area contributed by atoms with Gasteiger partial charge in [0.25, 0.3) is 0 Å². The molecule has 4 aliphatic carbocycles. The molecule has 24 atom stereocenters. The molecular weight excluding hydrogens is 836 g/mol. The van der Waals surface area contributed by atoms with Crippen molar-refractivity contribution in [1.29, 1.82) is 0 Å². The monoisotopic (exact) mass is 917 g/mol. The molecule has 17 heteroatoms. The van der Waals surface area contributed by atoms with E-state index >= 15 is 0 Å². The summed E-state index contributed by atoms with van der Waals surface area (Å²) in [6, 6.07) is 0. The molecule has 0 aromatic carbocycles. The normalized spacial score (nSPS) is 52.5. The Morgan fingerprint density at radius 1 is 0.656 bits per heavy atom. The van der Waals surface area contributed by atoms with Gasteiger partial charge < -0.3 is 84.6 Å². The Labute approximate surface area is 377 Å². The van der Waals surface area contributed by atoms with Crippen LogP contribution >= 0.6 is 0 Å². The minimum atomic E-state index is -1.69. The van der Waals surface area contributed by atoms with Gasteiger partial charge in [0.2, 0.25) is 0 Å². The van der Waals surface area contributed by atoms with Crippen molar-refractivity contribution in [2.45, 2.75) is 217 Å². The van der Waals surface area contributed by atoms with Crippen molar-refractivity contribution in [2.75, 3.05) is 19.8 Å². The summed E-state index contributed by atoms with van der Waals surface area (Å²) in [6.07, 6.45) is -12.8. The fraction of sp³-hybridized carbons (Fsp3) is 0.957. The molecule has 0 aromatic rings. The number of allylic oxidation sites excluding steroid dienone is 2. The van der Waals surface area contributed by atoms with E-state index in [9.17, 15) is 56.2 Å². The van der Waals surface area contributed by atoms with E-state index in [4.69, 9.17) is 28.4 Å². The summed E-state index contributed by atoms with van der Waals surface area (Å²) < 4.78 is 37.2. The first-order valence-electron chi connectivity index (χ1n) is 23.8. The highest BCUT2D eigenvalue weighted by Gasteiger charge is 2.72. The largest absolute Gasteiger partial charge is 0.394 e. The molecular formula is C47H80O17. The van der Waals surface area contributed by atoms with E-state index in [1.807, 2.05) is 20.8 Å². The fourth-order valence-corrected chi connectivity index (χ4v) is 14.6. The van der Waals surface area contributed by atoms with E-state index in [-0.39, 0.29) is 52.6 Å². The molecule has 11 N–H and O–H groups in total. The summed E-state index contributed by atoms with van der Waals surface area (Å²) in [6.45, 7) is 16.0. The lowest BCUT2D eigenvalue weighted by Crippen LogP contribution is -2.67. The topological polar surface area (TPSA) is 278 Å². The Morgan fingerprint density at radius 2 is 1.27 bits per heavy atom. The zero-order valence-electron chi connectivity index (χ0n) is 39.0. The number of fused-ring (bicyclic) bond motifs is 5. The van der Waals surface area contributed by atoms with E-state index in [0.717, 1.165) is 31.3 Å². The molecule has 17 nitrogen and oxygen atoms in total. The van der Waals surface area contributed by atoms with Crippen LogP contribution in [0.1, 0.15) is 113 Å². The second-order valence-corrected chi connectivity index (χ2v) is 22.4. The van der Waals surface area contributed by atoms with Crippen LogP contribution in [-0.2, 0) is 28.4 Å². The molecule has 3 heterocycles. The maximum absolute atomic E-state index is 12.7. The van der Waals surface area contributed by atoms with Crippen LogP contribution in [0.4, 0.5) is 0 Å². The van der Waals surface area contributed by atoms with E-state index in [0.29, 0.717) is 32.1 Å². The number of rotatable bonds is 12. The van der Waals surface area contributed by atoms with E-state index in [1.54, 1.807) is 0 Å². The molecule has 7 rings (SSSR count). The summed E-state index contributed by atoms with van der Waals surface area (Å²) in [5.74, 6) is -0.121. The zero-order valence-corrected chi connectivity index (χ0v) is 39.0. The maximum atomic E-state index is 12.7. The molecule has 3 aliphatic heterocycles. The first kappa shape index (κ1) is 50.9. The highest BCUT2D eigenvalue weighted by atomic mass is 16.8. The highest BCUT2D eigenvalue weighted by Crippen LogP contribution is 2.76. The van der Waals surface area contributed by atoms with Crippen LogP contribution in [0.3, 0.4) is 0 Å². The molecule has 7 aliphatic rings. The van der Waals surface area contributed by atoms with Crippen molar-refractivity contribution in [2.24, 2.45) is 45.3 Å². The second-order valence-electron chi connectivity index (χ2n) is 22.4. The summed E-state index contributed by atoms with van der Waals surface area (Å²) in [5.41, 5.74) is -1.05. The first-order chi connectivity index (χ1) is 29.9. The molecule has 0 amide bonds. The van der Waals surface area contributed by atoms with Crippen LogP contribution in [0.25, 0.3) is 0 Å². The minimum Gasteiger partial charge on any atom is -0.394 e. The van der Waals surface area contributed by atoms with Crippen molar-refractivity contribution < 1.29 is 84.6 Å². The molecule has 0 aromatic heterocycles. The average Bonchev–Trinajstić information content (AvgIpc) is 3.62. The molecule has 370 valence electrons. The van der Waals surface area contributed by atoms with Crippen molar-refractivity contribution in [1.82, 2.24) is 0 Å². The van der Waals surface area contributed by atoms with Crippen LogP contribution < -0.4 is 0 Å². The Kier molecular flexibility index (Phi) is 14.9. The smallest absolute Gasteiger partial charge is 0.187 e. The van der Waals surface area contributed by atoms with Gasteiger partial charge in [0.1, 0.15) is 67.1 Å². The molecule has 4 saturated carbocycles. The third kappa shape index (κ3) is 8.49. The second kappa shape index (κ2) is 18.8. The van der Waals surface area contributed by atoms with Gasteiger partial charge in [-0.15, -0.1) is 0 Å². The summed E-state index contributed by atoms with van der Waals surface area (Å²) in [4.78, 5) is 0. The van der Waals surface area contributed by atoms with E-state index < -0.39 is 116 Å². The number of ether oxygens (including phenoxy) is 6. The molecule has 0 unspecified atom stereocenters. The van der Waals surface area contributed by atoms with Crippen molar-refractivity contribution >= 4 is 0 Å². The van der Waals surface area contributed by atoms with Crippen molar-refractivity contribution in [3.63, 3.8) is 0 Å². The van der Waals surface area contributed by atoms with E-state index in [2.05, 4.69) is 40.7 Å². The quantitative estimate of drug-likeness (QED) is 0.0946. The fourth-order valence-electron chi connectivity index (χ4n) is 14.6. The summed E-state index contributed by atoms with van der Waals surface area (Å²) >= 11 is 0. The van der Waals surface area contributed by atoms with Crippen LogP contribution in [0.2, 0.25) is 0 Å². The molecule has 7 fully saturated rings. The minimum absolute atomic E-state index is 0.135. The van der Waals surface area contributed by atoms with Crippen LogP contribution in [0.5, 0.6) is 0 Å². The molecule has 0 radical (unpaired) electrons. The Hall–Kier alpha value is -0.940. The van der Waals surface area contributed by atoms with Gasteiger partial charge in [-0.2, -0.15) is 0 Å². The van der Waals surface area contributed by atoms with Gasteiger partial charge in [-0.3, -0.25) is 0 Å². The van der Waals surface area contributed by atoms with Gasteiger partial charge in [0.15, 0.2) is 18.9 Å². The molecule has 0 spiro atoms. The SMILES string of the molecule is CC(C)=CCC[C@](C)(O[C@H]1O[C@@H](CO)[C@@H](O)[C@@H](O)[C@H]1O[C@H]1OC[C@H](O)[C@@H](O)[C@H]1O)[C@@H]1CC[C@@]2(C)[C@@H]1[C@@H](O)C[C@@H]1[C@]3(C)CC[C@H](O[C@H]4O[C@@H](CO)[C@@H](O)[C@H](O)[C@H]4O)C(C)(C)[C@@H]3CC[C@]12C. The lowest BCUT2D eigenvalue weighted by Gasteiger charge is -2.71. The van der Waals surface area contributed by atoms with Gasteiger partial charge in [-0.1, -0.05) is 46.3 Å². The highest BCUT2D eigenvalue weighted by molar-refractivity contribution is 5.20. The van der Waals surface area contributed by atoms with Gasteiger partial charge in [-0.05, 0) is 124 Å². The predicted octanol–water partition coefficient (Wildman–Crippen LogP) is 0.612. The zero-order chi connectivity index (χ0) is 47.1. The van der Waals surface area contributed by atoms with Gasteiger partial charge in [0, 0.05) is 0 Å². The standard InChI is InChI=1S/C47H80O17/c1-22(2)10-9-14-47(8,64-42-39(36(56)34(54)27(20-49)61-42)63-40-37(57)32(52)25(51)21-59-40)23-11-16-46(7)31(23)24(50)18-29-44(5)15-13-30(43(3,4)28(44)12-17-45(29,46)6)62-41-38(58)35(55)33(53)26(19-48)60-41/h10,23-42,48-58H,9,11-21H2,1-8H3/t23-,24+,25+,26+,27+,28+,29-,30+,31+,32-,33-,34-,35+,36-,37-,38-,39-,40-,41-,42-,44-,45-,46+,47+/m1/s1. The van der Waals surface area contributed by atoms with Crippen molar-refractivity contribution in [3.05, 3.63) is 11.6 Å². The van der Waals surface area contributed by atoms with Crippen LogP contribution in [-0.4, -0.2) is 180 Å². The van der Waals surface area contributed by atoms with Gasteiger partial charge >= 0.3 is 0 Å². The van der Waals surface area contributed by atoms with Crippen molar-refractivity contribution in [3.8, 4) is 0 Å². The van der Waals surface area contributed by atoms with Crippen LogP contribution in [0.15, 0.2) is 11.6 Å². The summed E-state index contributed by atoms with van der Waals surface area (Å²) in [5, 5.41) is 118. The third-order valence-electron chi connectivity index (χ3n) is 18.4. The molecule has 3 saturated heterocycles. The Balaban J connectivity index is 1.16. The number of aliphatic hydroxyl groups is 11. The lowest BCUT2D eigenvalue weighted by molar-refractivity contribution is -0.374. The predicted molar refractivity (Wildman–Crippen MR) is 228 cm³/mol. The first-order valence-corrected chi connectivity index (χ1v) is 23.8. The molecule has 0 bridgehead atoms. The Bertz CT molecular complexity index is 1630.